The summed E-state index contributed by atoms with van der Waals surface area (Å²) in [5.41, 5.74) is 0. The fraction of sp³-hybridized carbons (Fsp3) is 0.933. The molecular formula is C15H27N3O2. The van der Waals surface area contributed by atoms with E-state index in [0.717, 1.165) is 26.2 Å². The Balaban J connectivity index is 1.58. The van der Waals surface area contributed by atoms with Crippen molar-refractivity contribution in [2.75, 3.05) is 39.4 Å². The van der Waals surface area contributed by atoms with E-state index in [9.17, 15) is 4.79 Å². The first-order chi connectivity index (χ1) is 9.75. The van der Waals surface area contributed by atoms with E-state index in [2.05, 4.69) is 17.1 Å². The standard InChI is InChI=1S/C15H27N3O2/c1-12(15(19)17-7-9-20-10-8-17)18(14-4-5-14)11-13-3-2-6-16-13/h12-14,16H,2-11H2,1H3. The Kier molecular flexibility index (Phi) is 4.58. The maximum atomic E-state index is 12.7. The Bertz CT molecular complexity index is 334. The molecule has 2 heterocycles. The molecule has 3 rings (SSSR count). The van der Waals surface area contributed by atoms with Crippen LogP contribution in [0.2, 0.25) is 0 Å². The fourth-order valence-electron chi connectivity index (χ4n) is 3.39. The van der Waals surface area contributed by atoms with Gasteiger partial charge in [0, 0.05) is 31.7 Å². The Morgan fingerprint density at radius 1 is 1.35 bits per heavy atom. The normalized spacial score (nSPS) is 28.9. The first kappa shape index (κ1) is 14.3. The van der Waals surface area contributed by atoms with Gasteiger partial charge in [-0.05, 0) is 39.2 Å². The van der Waals surface area contributed by atoms with Gasteiger partial charge in [0.1, 0.15) is 0 Å². The minimum atomic E-state index is 0.0167. The summed E-state index contributed by atoms with van der Waals surface area (Å²) in [4.78, 5) is 17.1. The molecular weight excluding hydrogens is 254 g/mol. The lowest BCUT2D eigenvalue weighted by molar-refractivity contribution is -0.140. The molecule has 0 aromatic rings. The Hall–Kier alpha value is -0.650. The Morgan fingerprint density at radius 2 is 2.10 bits per heavy atom. The van der Waals surface area contributed by atoms with Crippen molar-refractivity contribution in [1.29, 1.82) is 0 Å². The van der Waals surface area contributed by atoms with Crippen molar-refractivity contribution in [3.05, 3.63) is 0 Å². The zero-order valence-electron chi connectivity index (χ0n) is 12.5. The van der Waals surface area contributed by atoms with Crippen LogP contribution in [0.5, 0.6) is 0 Å². The minimum absolute atomic E-state index is 0.0167. The van der Waals surface area contributed by atoms with Crippen LogP contribution < -0.4 is 5.32 Å². The highest BCUT2D eigenvalue weighted by atomic mass is 16.5. The molecule has 1 amide bonds. The van der Waals surface area contributed by atoms with Crippen LogP contribution in [0.15, 0.2) is 0 Å². The van der Waals surface area contributed by atoms with Gasteiger partial charge in [-0.1, -0.05) is 0 Å². The zero-order valence-corrected chi connectivity index (χ0v) is 12.5. The average molecular weight is 281 g/mol. The van der Waals surface area contributed by atoms with Gasteiger partial charge in [-0.2, -0.15) is 0 Å². The number of carbonyl (C=O) groups is 1. The topological polar surface area (TPSA) is 44.8 Å². The van der Waals surface area contributed by atoms with Gasteiger partial charge in [-0.15, -0.1) is 0 Å². The highest BCUT2D eigenvalue weighted by Crippen LogP contribution is 2.30. The molecule has 20 heavy (non-hydrogen) atoms. The molecule has 1 aliphatic carbocycles. The largest absolute Gasteiger partial charge is 0.378 e. The quantitative estimate of drug-likeness (QED) is 0.795. The lowest BCUT2D eigenvalue weighted by Crippen LogP contribution is -2.53. The van der Waals surface area contributed by atoms with Gasteiger partial charge in [-0.3, -0.25) is 9.69 Å². The summed E-state index contributed by atoms with van der Waals surface area (Å²) in [7, 11) is 0. The number of hydrogen-bond acceptors (Lipinski definition) is 4. The molecule has 3 fully saturated rings. The number of hydrogen-bond donors (Lipinski definition) is 1. The van der Waals surface area contributed by atoms with E-state index < -0.39 is 0 Å². The number of carbonyl (C=O) groups excluding carboxylic acids is 1. The highest BCUT2D eigenvalue weighted by Gasteiger charge is 2.38. The van der Waals surface area contributed by atoms with Crippen LogP contribution in [0.25, 0.3) is 0 Å². The summed E-state index contributed by atoms with van der Waals surface area (Å²) >= 11 is 0. The molecule has 0 aromatic carbocycles. The van der Waals surface area contributed by atoms with Gasteiger partial charge in [0.15, 0.2) is 0 Å². The summed E-state index contributed by atoms with van der Waals surface area (Å²) in [6.45, 7) is 7.13. The predicted molar refractivity (Wildman–Crippen MR) is 77.6 cm³/mol. The SMILES string of the molecule is CC(C(=O)N1CCOCC1)N(CC1CCCN1)C1CC1. The number of amides is 1. The third-order valence-electron chi connectivity index (χ3n) is 4.79. The van der Waals surface area contributed by atoms with E-state index in [1.54, 1.807) is 0 Å². The summed E-state index contributed by atoms with van der Waals surface area (Å²) in [5, 5.41) is 3.56. The molecule has 2 aliphatic heterocycles. The second-order valence-electron chi connectivity index (χ2n) is 6.33. The first-order valence-corrected chi connectivity index (χ1v) is 8.11. The molecule has 114 valence electrons. The Morgan fingerprint density at radius 3 is 2.70 bits per heavy atom. The Labute approximate surface area is 121 Å². The molecule has 0 bridgehead atoms. The third kappa shape index (κ3) is 3.32. The monoisotopic (exact) mass is 281 g/mol. The van der Waals surface area contributed by atoms with Gasteiger partial charge >= 0.3 is 0 Å². The average Bonchev–Trinajstić information content (AvgIpc) is 3.21. The van der Waals surface area contributed by atoms with Gasteiger partial charge in [0.05, 0.1) is 19.3 Å². The molecule has 1 N–H and O–H groups in total. The number of ether oxygens (including phenoxy) is 1. The van der Waals surface area contributed by atoms with E-state index in [1.165, 1.54) is 25.7 Å². The van der Waals surface area contributed by atoms with Crippen molar-refractivity contribution >= 4 is 5.91 Å². The molecule has 0 spiro atoms. The zero-order chi connectivity index (χ0) is 13.9. The molecule has 2 atom stereocenters. The molecule has 1 saturated carbocycles. The summed E-state index contributed by atoms with van der Waals surface area (Å²) in [6.07, 6.45) is 5.04. The predicted octanol–water partition coefficient (Wildman–Crippen LogP) is 0.450. The lowest BCUT2D eigenvalue weighted by Gasteiger charge is -2.35. The van der Waals surface area contributed by atoms with Crippen LogP contribution in [-0.4, -0.2) is 73.2 Å². The van der Waals surface area contributed by atoms with Gasteiger partial charge < -0.3 is 15.0 Å². The lowest BCUT2D eigenvalue weighted by atomic mass is 10.1. The molecule has 5 heteroatoms. The molecule has 5 nitrogen and oxygen atoms in total. The van der Waals surface area contributed by atoms with E-state index in [0.29, 0.717) is 25.3 Å². The second kappa shape index (κ2) is 6.41. The van der Waals surface area contributed by atoms with Crippen molar-refractivity contribution < 1.29 is 9.53 Å². The van der Waals surface area contributed by atoms with Crippen molar-refractivity contribution in [2.45, 2.75) is 50.7 Å². The van der Waals surface area contributed by atoms with E-state index >= 15 is 0 Å². The second-order valence-corrected chi connectivity index (χ2v) is 6.33. The van der Waals surface area contributed by atoms with Crippen molar-refractivity contribution in [3.63, 3.8) is 0 Å². The summed E-state index contributed by atoms with van der Waals surface area (Å²) in [5.74, 6) is 0.290. The summed E-state index contributed by atoms with van der Waals surface area (Å²) < 4.78 is 5.34. The number of morpholine rings is 1. The number of nitrogens with one attached hydrogen (secondary N) is 1. The van der Waals surface area contributed by atoms with Gasteiger partial charge in [0.2, 0.25) is 5.91 Å². The van der Waals surface area contributed by atoms with Crippen LogP contribution in [0.4, 0.5) is 0 Å². The first-order valence-electron chi connectivity index (χ1n) is 8.11. The van der Waals surface area contributed by atoms with Crippen LogP contribution >= 0.6 is 0 Å². The van der Waals surface area contributed by atoms with Crippen molar-refractivity contribution in [3.8, 4) is 0 Å². The minimum Gasteiger partial charge on any atom is -0.378 e. The molecule has 0 radical (unpaired) electrons. The van der Waals surface area contributed by atoms with Gasteiger partial charge in [0.25, 0.3) is 0 Å². The highest BCUT2D eigenvalue weighted by molar-refractivity contribution is 5.81. The van der Waals surface area contributed by atoms with Crippen LogP contribution in [-0.2, 0) is 9.53 Å². The van der Waals surface area contributed by atoms with Crippen molar-refractivity contribution in [2.24, 2.45) is 0 Å². The van der Waals surface area contributed by atoms with Crippen molar-refractivity contribution in [1.82, 2.24) is 15.1 Å². The molecule has 0 aromatic heterocycles. The fourth-order valence-corrected chi connectivity index (χ4v) is 3.39. The molecule has 3 aliphatic rings. The number of nitrogens with zero attached hydrogens (tertiary/aromatic N) is 2. The molecule has 2 unspecified atom stereocenters. The summed E-state index contributed by atoms with van der Waals surface area (Å²) in [6, 6.07) is 1.23. The van der Waals surface area contributed by atoms with E-state index in [1.807, 2.05) is 4.90 Å². The third-order valence-corrected chi connectivity index (χ3v) is 4.79. The number of rotatable bonds is 5. The maximum Gasteiger partial charge on any atom is 0.239 e. The van der Waals surface area contributed by atoms with Crippen LogP contribution in [0.1, 0.15) is 32.6 Å². The molecule has 2 saturated heterocycles. The van der Waals surface area contributed by atoms with Gasteiger partial charge in [-0.25, -0.2) is 0 Å². The van der Waals surface area contributed by atoms with E-state index in [4.69, 9.17) is 4.74 Å². The smallest absolute Gasteiger partial charge is 0.239 e. The van der Waals surface area contributed by atoms with Crippen LogP contribution in [0, 0.1) is 0 Å². The van der Waals surface area contributed by atoms with Crippen LogP contribution in [0.3, 0.4) is 0 Å². The van der Waals surface area contributed by atoms with E-state index in [-0.39, 0.29) is 11.9 Å². The maximum absolute atomic E-state index is 12.7.